The zero-order valence-electron chi connectivity index (χ0n) is 13.2. The third-order valence-electron chi connectivity index (χ3n) is 5.14. The molecule has 0 heterocycles. The lowest BCUT2D eigenvalue weighted by atomic mass is 9.84. The summed E-state index contributed by atoms with van der Waals surface area (Å²) in [4.78, 5) is 0. The normalized spacial score (nSPS) is 23.4. The van der Waals surface area contributed by atoms with Crippen LogP contribution in [0.25, 0.3) is 10.8 Å². The van der Waals surface area contributed by atoms with Crippen LogP contribution in [-0.4, -0.2) is 14.2 Å². The fourth-order valence-electron chi connectivity index (χ4n) is 4.01. The lowest BCUT2D eigenvalue weighted by Crippen LogP contribution is -2.27. The molecule has 3 rings (SSSR count). The third-order valence-corrected chi connectivity index (χ3v) is 5.14. The first-order valence-corrected chi connectivity index (χ1v) is 7.99. The summed E-state index contributed by atoms with van der Waals surface area (Å²) in [5.74, 6) is 2.48. The Morgan fingerprint density at radius 3 is 2.48 bits per heavy atom. The zero-order chi connectivity index (χ0) is 14.8. The van der Waals surface area contributed by atoms with Crippen LogP contribution < -0.4 is 10.1 Å². The van der Waals surface area contributed by atoms with Gasteiger partial charge < -0.3 is 10.1 Å². The van der Waals surface area contributed by atoms with Crippen molar-refractivity contribution in [2.24, 2.45) is 11.8 Å². The van der Waals surface area contributed by atoms with Crippen molar-refractivity contribution in [1.29, 1.82) is 0 Å². The predicted octanol–water partition coefficient (Wildman–Crippen LogP) is 4.55. The maximum Gasteiger partial charge on any atom is 0.126 e. The van der Waals surface area contributed by atoms with Gasteiger partial charge in [-0.2, -0.15) is 0 Å². The van der Waals surface area contributed by atoms with E-state index in [4.69, 9.17) is 4.74 Å². The van der Waals surface area contributed by atoms with Crippen molar-refractivity contribution in [2.45, 2.75) is 32.2 Å². The molecule has 0 bridgehead atoms. The van der Waals surface area contributed by atoms with Crippen molar-refractivity contribution in [2.75, 3.05) is 14.2 Å². The van der Waals surface area contributed by atoms with E-state index in [1.165, 1.54) is 35.6 Å². The Balaban J connectivity index is 2.10. The van der Waals surface area contributed by atoms with Gasteiger partial charge in [-0.15, -0.1) is 0 Å². The van der Waals surface area contributed by atoms with Gasteiger partial charge in [-0.3, -0.25) is 0 Å². The van der Waals surface area contributed by atoms with Gasteiger partial charge in [-0.1, -0.05) is 50.1 Å². The standard InChI is InChI=1S/C19H25NO/c1-13-7-6-10-14(13)19(20-2)17-11-12-18(21-3)16-9-5-4-8-15(16)17/h4-5,8-9,11-14,19-20H,6-7,10H2,1-3H3. The molecule has 3 atom stereocenters. The second-order valence-electron chi connectivity index (χ2n) is 6.24. The molecule has 1 fully saturated rings. The molecule has 21 heavy (non-hydrogen) atoms. The maximum absolute atomic E-state index is 5.52. The average molecular weight is 283 g/mol. The molecule has 0 amide bonds. The molecule has 2 aromatic rings. The highest BCUT2D eigenvalue weighted by atomic mass is 16.5. The number of rotatable bonds is 4. The molecule has 0 radical (unpaired) electrons. The summed E-state index contributed by atoms with van der Waals surface area (Å²) < 4.78 is 5.52. The molecule has 0 saturated heterocycles. The fourth-order valence-corrected chi connectivity index (χ4v) is 4.01. The molecular weight excluding hydrogens is 258 g/mol. The summed E-state index contributed by atoms with van der Waals surface area (Å²) in [6.07, 6.45) is 4.04. The van der Waals surface area contributed by atoms with E-state index >= 15 is 0 Å². The first-order chi connectivity index (χ1) is 10.3. The van der Waals surface area contributed by atoms with Crippen LogP contribution in [0.5, 0.6) is 5.75 Å². The third kappa shape index (κ3) is 2.53. The molecule has 2 aromatic carbocycles. The second kappa shape index (κ2) is 6.07. The van der Waals surface area contributed by atoms with Crippen LogP contribution in [0.1, 0.15) is 37.8 Å². The molecule has 1 saturated carbocycles. The Morgan fingerprint density at radius 2 is 1.86 bits per heavy atom. The topological polar surface area (TPSA) is 21.3 Å². The Bertz CT molecular complexity index is 622. The predicted molar refractivity (Wildman–Crippen MR) is 88.8 cm³/mol. The van der Waals surface area contributed by atoms with E-state index in [9.17, 15) is 0 Å². The Kier molecular flexibility index (Phi) is 4.16. The Labute approximate surface area is 127 Å². The van der Waals surface area contributed by atoms with Crippen LogP contribution in [0.15, 0.2) is 36.4 Å². The molecule has 1 aliphatic rings. The molecule has 0 spiro atoms. The summed E-state index contributed by atoms with van der Waals surface area (Å²) in [7, 11) is 3.84. The van der Waals surface area contributed by atoms with Crippen molar-refractivity contribution in [1.82, 2.24) is 5.32 Å². The van der Waals surface area contributed by atoms with Crippen molar-refractivity contribution >= 4 is 10.8 Å². The van der Waals surface area contributed by atoms with Crippen LogP contribution in [0, 0.1) is 11.8 Å². The highest BCUT2D eigenvalue weighted by Gasteiger charge is 2.31. The van der Waals surface area contributed by atoms with Crippen LogP contribution in [0.4, 0.5) is 0 Å². The van der Waals surface area contributed by atoms with Gasteiger partial charge in [0.1, 0.15) is 5.75 Å². The maximum atomic E-state index is 5.52. The fraction of sp³-hybridized carbons (Fsp3) is 0.474. The van der Waals surface area contributed by atoms with Crippen molar-refractivity contribution in [3.05, 3.63) is 42.0 Å². The highest BCUT2D eigenvalue weighted by molar-refractivity contribution is 5.91. The molecular formula is C19H25NO. The minimum Gasteiger partial charge on any atom is -0.496 e. The van der Waals surface area contributed by atoms with Crippen LogP contribution in [-0.2, 0) is 0 Å². The number of hydrogen-bond acceptors (Lipinski definition) is 2. The van der Waals surface area contributed by atoms with Gasteiger partial charge in [0.15, 0.2) is 0 Å². The van der Waals surface area contributed by atoms with Gasteiger partial charge >= 0.3 is 0 Å². The van der Waals surface area contributed by atoms with Crippen molar-refractivity contribution in [3.8, 4) is 5.75 Å². The van der Waals surface area contributed by atoms with Crippen molar-refractivity contribution in [3.63, 3.8) is 0 Å². The molecule has 0 aliphatic heterocycles. The van der Waals surface area contributed by atoms with E-state index in [-0.39, 0.29) is 0 Å². The molecule has 0 aromatic heterocycles. The van der Waals surface area contributed by atoms with Gasteiger partial charge in [0.25, 0.3) is 0 Å². The van der Waals surface area contributed by atoms with Gasteiger partial charge in [0.2, 0.25) is 0 Å². The average Bonchev–Trinajstić information content (AvgIpc) is 2.94. The molecule has 2 heteroatoms. The van der Waals surface area contributed by atoms with E-state index in [1.54, 1.807) is 7.11 Å². The number of hydrogen-bond donors (Lipinski definition) is 1. The van der Waals surface area contributed by atoms with E-state index in [0.29, 0.717) is 6.04 Å². The summed E-state index contributed by atoms with van der Waals surface area (Å²) in [6, 6.07) is 13.4. The Morgan fingerprint density at radius 1 is 1.10 bits per heavy atom. The lowest BCUT2D eigenvalue weighted by molar-refractivity contribution is 0.317. The van der Waals surface area contributed by atoms with Gasteiger partial charge in [-0.05, 0) is 42.3 Å². The summed E-state index contributed by atoms with van der Waals surface area (Å²) in [5, 5.41) is 6.11. The van der Waals surface area contributed by atoms with E-state index < -0.39 is 0 Å². The smallest absolute Gasteiger partial charge is 0.126 e. The number of benzene rings is 2. The lowest BCUT2D eigenvalue weighted by Gasteiger charge is -2.28. The quantitative estimate of drug-likeness (QED) is 0.889. The first-order valence-electron chi connectivity index (χ1n) is 7.99. The largest absolute Gasteiger partial charge is 0.496 e. The highest BCUT2D eigenvalue weighted by Crippen LogP contribution is 2.42. The minimum atomic E-state index is 0.429. The van der Waals surface area contributed by atoms with E-state index in [0.717, 1.165) is 17.6 Å². The number of ether oxygens (including phenoxy) is 1. The van der Waals surface area contributed by atoms with Gasteiger partial charge in [-0.25, -0.2) is 0 Å². The van der Waals surface area contributed by atoms with Gasteiger partial charge in [0.05, 0.1) is 7.11 Å². The molecule has 1 aliphatic carbocycles. The molecule has 112 valence electrons. The van der Waals surface area contributed by atoms with Crippen LogP contribution in [0.3, 0.4) is 0 Å². The summed E-state index contributed by atoms with van der Waals surface area (Å²) in [6.45, 7) is 2.40. The SMILES string of the molecule is CNC(c1ccc(OC)c2ccccc12)C1CCCC1C. The van der Waals surface area contributed by atoms with Crippen LogP contribution >= 0.6 is 0 Å². The number of fused-ring (bicyclic) bond motifs is 1. The molecule has 3 unspecified atom stereocenters. The minimum absolute atomic E-state index is 0.429. The van der Waals surface area contributed by atoms with Crippen LogP contribution in [0.2, 0.25) is 0 Å². The van der Waals surface area contributed by atoms with Crippen molar-refractivity contribution < 1.29 is 4.74 Å². The summed E-state index contributed by atoms with van der Waals surface area (Å²) >= 11 is 0. The number of methoxy groups -OCH3 is 1. The monoisotopic (exact) mass is 283 g/mol. The molecule has 1 N–H and O–H groups in total. The first kappa shape index (κ1) is 14.4. The molecule has 2 nitrogen and oxygen atoms in total. The zero-order valence-corrected chi connectivity index (χ0v) is 13.2. The Hall–Kier alpha value is -1.54. The van der Waals surface area contributed by atoms with Gasteiger partial charge in [0, 0.05) is 11.4 Å². The summed E-state index contributed by atoms with van der Waals surface area (Å²) in [5.41, 5.74) is 1.41. The second-order valence-corrected chi connectivity index (χ2v) is 6.24. The number of nitrogens with one attached hydrogen (secondary N) is 1. The van der Waals surface area contributed by atoms with E-state index in [1.807, 2.05) is 0 Å². The van der Waals surface area contributed by atoms with E-state index in [2.05, 4.69) is 55.7 Å².